The Morgan fingerprint density at radius 1 is 1.55 bits per heavy atom. The third kappa shape index (κ3) is 2.83. The molecule has 0 fully saturated rings. The second-order valence-electron chi connectivity index (χ2n) is 1.75. The van der Waals surface area contributed by atoms with Crippen LogP contribution < -0.4 is 0 Å². The van der Waals surface area contributed by atoms with Gasteiger partial charge in [-0.15, -0.1) is 0 Å². The number of hydrogen-bond donors (Lipinski definition) is 0. The minimum absolute atomic E-state index is 0.227. The summed E-state index contributed by atoms with van der Waals surface area (Å²) in [4.78, 5) is 3.51. The van der Waals surface area contributed by atoms with Crippen LogP contribution in [0.5, 0.6) is 0 Å². The first kappa shape index (κ1) is 8.45. The smallest absolute Gasteiger partial charge is 0.435 e. The van der Waals surface area contributed by atoms with Crippen molar-refractivity contribution in [3.8, 4) is 0 Å². The minimum Gasteiger partial charge on any atom is -0.435 e. The van der Waals surface area contributed by atoms with Crippen molar-refractivity contribution in [2.75, 3.05) is 0 Å². The molecule has 0 spiro atoms. The van der Waals surface area contributed by atoms with Gasteiger partial charge >= 0.3 is 5.51 Å². The molecule has 0 N–H and O–H groups in total. The van der Waals surface area contributed by atoms with Crippen LogP contribution in [0.3, 0.4) is 0 Å². The highest BCUT2D eigenvalue weighted by atomic mass is 32.2. The molecule has 11 heavy (non-hydrogen) atoms. The van der Waals surface area contributed by atoms with Crippen LogP contribution in [0.15, 0.2) is 15.7 Å². The molecule has 0 aromatic carbocycles. The molecule has 62 valence electrons. The summed E-state index contributed by atoms with van der Waals surface area (Å²) in [5.74, 6) is 0.233. The zero-order valence-corrected chi connectivity index (χ0v) is 6.29. The maximum absolute atomic E-state index is 11.6. The van der Waals surface area contributed by atoms with E-state index < -0.39 is 5.51 Å². The highest BCUT2D eigenvalue weighted by Crippen LogP contribution is 2.36. The van der Waals surface area contributed by atoms with Gasteiger partial charge in [0.05, 0.1) is 6.20 Å². The molecule has 0 saturated heterocycles. The average molecular weight is 183 g/mol. The van der Waals surface area contributed by atoms with Crippen molar-refractivity contribution in [2.24, 2.45) is 0 Å². The minimum atomic E-state index is -4.30. The zero-order chi connectivity index (χ0) is 8.48. The van der Waals surface area contributed by atoms with Crippen LogP contribution in [-0.2, 0) is 0 Å². The lowest BCUT2D eigenvalue weighted by Crippen LogP contribution is -1.97. The Labute approximate surface area is 64.8 Å². The fourth-order valence-electron chi connectivity index (χ4n) is 0.503. The van der Waals surface area contributed by atoms with Gasteiger partial charge in [-0.2, -0.15) is 13.2 Å². The lowest BCUT2D eigenvalue weighted by molar-refractivity contribution is -0.0335. The molecule has 1 heterocycles. The zero-order valence-electron chi connectivity index (χ0n) is 5.47. The molecule has 1 rings (SSSR count). The molecular weight excluding hydrogens is 179 g/mol. The monoisotopic (exact) mass is 183 g/mol. The lowest BCUT2D eigenvalue weighted by atomic mass is 10.8. The summed E-state index contributed by atoms with van der Waals surface area (Å²) in [7, 11) is 0. The van der Waals surface area contributed by atoms with Gasteiger partial charge in [-0.25, -0.2) is 4.98 Å². The topological polar surface area (TPSA) is 26.0 Å². The van der Waals surface area contributed by atoms with Crippen molar-refractivity contribution >= 4 is 11.8 Å². The predicted octanol–water partition coefficient (Wildman–Crippen LogP) is 2.59. The Balaban J connectivity index is 2.65. The molecule has 0 aliphatic carbocycles. The van der Waals surface area contributed by atoms with Crippen LogP contribution in [0, 0.1) is 6.92 Å². The first-order valence-corrected chi connectivity index (χ1v) is 3.47. The third-order valence-electron chi connectivity index (χ3n) is 0.816. The quantitative estimate of drug-likeness (QED) is 0.626. The lowest BCUT2D eigenvalue weighted by Gasteiger charge is -1.99. The number of rotatable bonds is 1. The van der Waals surface area contributed by atoms with Gasteiger partial charge < -0.3 is 4.42 Å². The van der Waals surface area contributed by atoms with Crippen LogP contribution >= 0.6 is 11.8 Å². The second-order valence-corrected chi connectivity index (χ2v) is 2.82. The molecular formula is C5H4F3NOS. The summed E-state index contributed by atoms with van der Waals surface area (Å²) in [5.41, 5.74) is -4.30. The predicted molar refractivity (Wildman–Crippen MR) is 33.2 cm³/mol. The Morgan fingerprint density at radius 2 is 2.18 bits per heavy atom. The highest BCUT2D eigenvalue weighted by molar-refractivity contribution is 8.00. The standard InChI is InChI=1S/C5H4F3NOS/c1-3-9-2-4(10-3)11-5(6,7)8/h2H,1H3. The molecule has 0 atom stereocenters. The van der Waals surface area contributed by atoms with Gasteiger partial charge in [-0.3, -0.25) is 0 Å². The molecule has 1 aromatic rings. The Kier molecular flexibility index (Phi) is 2.12. The molecule has 0 saturated carbocycles. The Morgan fingerprint density at radius 3 is 2.55 bits per heavy atom. The van der Waals surface area contributed by atoms with Crippen molar-refractivity contribution in [3.05, 3.63) is 12.1 Å². The number of halogens is 3. The van der Waals surface area contributed by atoms with Crippen LogP contribution in [0.25, 0.3) is 0 Å². The molecule has 1 aromatic heterocycles. The molecule has 0 aliphatic heterocycles. The number of nitrogens with zero attached hydrogens (tertiary/aromatic N) is 1. The van der Waals surface area contributed by atoms with Crippen molar-refractivity contribution < 1.29 is 17.6 Å². The summed E-state index contributed by atoms with van der Waals surface area (Å²) < 4.78 is 39.5. The van der Waals surface area contributed by atoms with Crippen LogP contribution in [0.2, 0.25) is 0 Å². The van der Waals surface area contributed by atoms with Gasteiger partial charge in [0.1, 0.15) is 0 Å². The number of oxazole rings is 1. The van der Waals surface area contributed by atoms with E-state index in [1.54, 1.807) is 0 Å². The van der Waals surface area contributed by atoms with Crippen molar-refractivity contribution in [1.82, 2.24) is 4.98 Å². The molecule has 6 heteroatoms. The van der Waals surface area contributed by atoms with Gasteiger partial charge in [0.25, 0.3) is 0 Å². The molecule has 0 unspecified atom stereocenters. The number of hydrogen-bond acceptors (Lipinski definition) is 3. The summed E-state index contributed by atoms with van der Waals surface area (Å²) in [6.07, 6.45) is 1.05. The Bertz CT molecular complexity index is 244. The number of thioether (sulfide) groups is 1. The van der Waals surface area contributed by atoms with E-state index in [9.17, 15) is 13.2 Å². The van der Waals surface area contributed by atoms with Crippen LogP contribution in [0.4, 0.5) is 13.2 Å². The van der Waals surface area contributed by atoms with Crippen LogP contribution in [-0.4, -0.2) is 10.5 Å². The molecule has 2 nitrogen and oxygen atoms in total. The normalized spacial score (nSPS) is 12.0. The summed E-state index contributed by atoms with van der Waals surface area (Å²) in [5, 5.41) is -0.227. The van der Waals surface area contributed by atoms with Gasteiger partial charge in [0, 0.05) is 18.7 Å². The van der Waals surface area contributed by atoms with E-state index in [0.717, 1.165) is 6.20 Å². The van der Waals surface area contributed by atoms with E-state index >= 15 is 0 Å². The van der Waals surface area contributed by atoms with E-state index in [-0.39, 0.29) is 22.7 Å². The molecule has 0 bridgehead atoms. The maximum atomic E-state index is 11.6. The van der Waals surface area contributed by atoms with Crippen molar-refractivity contribution in [2.45, 2.75) is 17.5 Å². The number of alkyl halides is 3. The van der Waals surface area contributed by atoms with E-state index in [4.69, 9.17) is 0 Å². The molecule has 0 aliphatic rings. The summed E-state index contributed by atoms with van der Waals surface area (Å²) in [6.45, 7) is 1.49. The van der Waals surface area contributed by atoms with E-state index in [1.165, 1.54) is 6.92 Å². The maximum Gasteiger partial charge on any atom is 0.449 e. The van der Waals surface area contributed by atoms with Gasteiger partial charge in [-0.1, -0.05) is 0 Å². The molecule has 0 radical (unpaired) electrons. The van der Waals surface area contributed by atoms with Gasteiger partial charge in [-0.05, 0) is 0 Å². The Hall–Kier alpha value is -0.650. The van der Waals surface area contributed by atoms with Crippen molar-refractivity contribution in [1.29, 1.82) is 0 Å². The van der Waals surface area contributed by atoms with Gasteiger partial charge in [0.2, 0.25) is 0 Å². The van der Waals surface area contributed by atoms with Crippen molar-refractivity contribution in [3.63, 3.8) is 0 Å². The fraction of sp³-hybridized carbons (Fsp3) is 0.400. The number of aryl methyl sites for hydroxylation is 1. The highest BCUT2D eigenvalue weighted by Gasteiger charge is 2.31. The third-order valence-corrected chi connectivity index (χ3v) is 1.44. The van der Waals surface area contributed by atoms with Gasteiger partial charge in [0.15, 0.2) is 11.0 Å². The van der Waals surface area contributed by atoms with E-state index in [1.807, 2.05) is 0 Å². The fourth-order valence-corrected chi connectivity index (χ4v) is 0.999. The molecule has 0 amide bonds. The first-order chi connectivity index (χ1) is 4.97. The van der Waals surface area contributed by atoms with Crippen LogP contribution in [0.1, 0.15) is 5.89 Å². The second kappa shape index (κ2) is 2.77. The van der Waals surface area contributed by atoms with E-state index in [0.29, 0.717) is 0 Å². The largest absolute Gasteiger partial charge is 0.449 e. The number of aromatic nitrogens is 1. The summed E-state index contributed by atoms with van der Waals surface area (Å²) in [6, 6.07) is 0. The summed E-state index contributed by atoms with van der Waals surface area (Å²) >= 11 is -0.308. The SMILES string of the molecule is Cc1ncc(SC(F)(F)F)o1. The van der Waals surface area contributed by atoms with E-state index in [2.05, 4.69) is 9.40 Å². The first-order valence-electron chi connectivity index (χ1n) is 2.65. The average Bonchev–Trinajstić information content (AvgIpc) is 2.10.